The van der Waals surface area contributed by atoms with Gasteiger partial charge in [0.15, 0.2) is 0 Å². The zero-order valence-corrected chi connectivity index (χ0v) is 8.47. The van der Waals surface area contributed by atoms with E-state index in [-0.39, 0.29) is 16.3 Å². The summed E-state index contributed by atoms with van der Waals surface area (Å²) in [6, 6.07) is 3.02. The summed E-state index contributed by atoms with van der Waals surface area (Å²) in [5, 5.41) is -0.389. The molecule has 0 aliphatic rings. The van der Waals surface area contributed by atoms with Crippen molar-refractivity contribution in [1.82, 2.24) is 9.97 Å². The summed E-state index contributed by atoms with van der Waals surface area (Å²) in [4.78, 5) is 6.60. The van der Waals surface area contributed by atoms with Gasteiger partial charge in [0.05, 0.1) is 0 Å². The highest BCUT2D eigenvalue weighted by molar-refractivity contribution is 6.33. The van der Waals surface area contributed by atoms with Crippen LogP contribution in [0.2, 0.25) is 5.02 Å². The smallest absolute Gasteiger partial charge is 0.227 e. The standard InChI is InChI=1S/C10H4ClF3N2/c11-8-5(3-4-15-10(8)14)9-6(12)1-2-7(13)16-9/h1-4H. The fourth-order valence-corrected chi connectivity index (χ4v) is 1.41. The first kappa shape index (κ1) is 10.9. The van der Waals surface area contributed by atoms with Gasteiger partial charge in [0.25, 0.3) is 0 Å². The van der Waals surface area contributed by atoms with E-state index in [0.717, 1.165) is 18.3 Å². The first-order valence-electron chi connectivity index (χ1n) is 4.22. The maximum atomic E-state index is 13.3. The second-order valence-electron chi connectivity index (χ2n) is 2.93. The van der Waals surface area contributed by atoms with Crippen LogP contribution < -0.4 is 0 Å². The Morgan fingerprint density at radius 1 is 1.06 bits per heavy atom. The molecule has 0 unspecified atom stereocenters. The lowest BCUT2D eigenvalue weighted by Crippen LogP contribution is -1.95. The van der Waals surface area contributed by atoms with E-state index in [1.54, 1.807) is 0 Å². The van der Waals surface area contributed by atoms with Crippen molar-refractivity contribution in [2.24, 2.45) is 0 Å². The van der Waals surface area contributed by atoms with Crippen LogP contribution in [0.15, 0.2) is 24.4 Å². The lowest BCUT2D eigenvalue weighted by atomic mass is 10.1. The minimum atomic E-state index is -0.954. The molecule has 0 aliphatic heterocycles. The quantitative estimate of drug-likeness (QED) is 0.720. The summed E-state index contributed by atoms with van der Waals surface area (Å²) in [7, 11) is 0. The van der Waals surface area contributed by atoms with Crippen LogP contribution in [0.3, 0.4) is 0 Å². The summed E-state index contributed by atoms with van der Waals surface area (Å²) < 4.78 is 39.2. The summed E-state index contributed by atoms with van der Waals surface area (Å²) in [5.74, 6) is -2.61. The molecule has 0 spiro atoms. The van der Waals surface area contributed by atoms with Crippen molar-refractivity contribution in [3.63, 3.8) is 0 Å². The van der Waals surface area contributed by atoms with Crippen LogP contribution >= 0.6 is 11.6 Å². The Bertz CT molecular complexity index is 546. The number of halogens is 4. The van der Waals surface area contributed by atoms with Gasteiger partial charge in [0.2, 0.25) is 11.9 Å². The zero-order valence-electron chi connectivity index (χ0n) is 7.72. The highest BCUT2D eigenvalue weighted by atomic mass is 35.5. The molecule has 0 amide bonds. The molecule has 0 radical (unpaired) electrons. The molecule has 2 aromatic heterocycles. The van der Waals surface area contributed by atoms with Gasteiger partial charge in [-0.05, 0) is 18.2 Å². The normalized spacial score (nSPS) is 10.5. The van der Waals surface area contributed by atoms with E-state index in [1.807, 2.05) is 0 Å². The molecule has 0 aliphatic carbocycles. The first-order chi connectivity index (χ1) is 7.59. The lowest BCUT2D eigenvalue weighted by molar-refractivity contribution is 0.562. The Labute approximate surface area is 93.7 Å². The van der Waals surface area contributed by atoms with Crippen LogP contribution in [0.4, 0.5) is 13.2 Å². The molecule has 0 bridgehead atoms. The van der Waals surface area contributed by atoms with Gasteiger partial charge in [-0.25, -0.2) is 14.4 Å². The van der Waals surface area contributed by atoms with Crippen molar-refractivity contribution in [2.75, 3.05) is 0 Å². The lowest BCUT2D eigenvalue weighted by Gasteiger charge is -2.04. The van der Waals surface area contributed by atoms with Crippen LogP contribution in [-0.2, 0) is 0 Å². The van der Waals surface area contributed by atoms with E-state index in [4.69, 9.17) is 11.6 Å². The first-order valence-corrected chi connectivity index (χ1v) is 4.60. The minimum Gasteiger partial charge on any atom is -0.227 e. The van der Waals surface area contributed by atoms with E-state index in [1.165, 1.54) is 6.07 Å². The average Bonchev–Trinajstić information content (AvgIpc) is 2.26. The summed E-state index contributed by atoms with van der Waals surface area (Å²) >= 11 is 5.59. The topological polar surface area (TPSA) is 25.8 Å². The third-order valence-electron chi connectivity index (χ3n) is 1.91. The zero-order chi connectivity index (χ0) is 11.7. The Kier molecular flexibility index (Phi) is 2.78. The Balaban J connectivity index is 2.67. The van der Waals surface area contributed by atoms with Gasteiger partial charge in [0, 0.05) is 11.8 Å². The number of rotatable bonds is 1. The summed E-state index contributed by atoms with van der Waals surface area (Å²) in [6.45, 7) is 0. The molecule has 2 heterocycles. The van der Waals surface area contributed by atoms with Crippen LogP contribution in [0.1, 0.15) is 0 Å². The van der Waals surface area contributed by atoms with Gasteiger partial charge in [-0.1, -0.05) is 11.6 Å². The van der Waals surface area contributed by atoms with E-state index in [2.05, 4.69) is 9.97 Å². The van der Waals surface area contributed by atoms with Crippen molar-refractivity contribution < 1.29 is 13.2 Å². The predicted octanol–water partition coefficient (Wildman–Crippen LogP) is 3.21. The highest BCUT2D eigenvalue weighted by Crippen LogP contribution is 2.29. The number of nitrogens with zero attached hydrogens (tertiary/aromatic N) is 2. The van der Waals surface area contributed by atoms with E-state index >= 15 is 0 Å². The molecule has 2 rings (SSSR count). The average molecular weight is 245 g/mol. The molecule has 6 heteroatoms. The molecule has 0 N–H and O–H groups in total. The molecule has 2 nitrogen and oxygen atoms in total. The van der Waals surface area contributed by atoms with Crippen molar-refractivity contribution in [3.8, 4) is 11.3 Å². The van der Waals surface area contributed by atoms with Gasteiger partial charge in [0.1, 0.15) is 16.5 Å². The van der Waals surface area contributed by atoms with Crippen molar-refractivity contribution in [2.45, 2.75) is 0 Å². The molecular formula is C10H4ClF3N2. The second kappa shape index (κ2) is 4.09. The maximum absolute atomic E-state index is 13.3. The molecule has 0 saturated carbocycles. The second-order valence-corrected chi connectivity index (χ2v) is 3.31. The van der Waals surface area contributed by atoms with Crippen LogP contribution in [0.5, 0.6) is 0 Å². The summed E-state index contributed by atoms with van der Waals surface area (Å²) in [6.07, 6.45) is 1.10. The number of hydrogen-bond acceptors (Lipinski definition) is 2. The largest absolute Gasteiger partial charge is 0.232 e. The third-order valence-corrected chi connectivity index (χ3v) is 2.27. The van der Waals surface area contributed by atoms with Gasteiger partial charge in [-0.3, -0.25) is 0 Å². The molecule has 16 heavy (non-hydrogen) atoms. The number of hydrogen-bond donors (Lipinski definition) is 0. The van der Waals surface area contributed by atoms with E-state index in [0.29, 0.717) is 0 Å². The van der Waals surface area contributed by atoms with Crippen molar-refractivity contribution in [1.29, 1.82) is 0 Å². The monoisotopic (exact) mass is 244 g/mol. The Morgan fingerprint density at radius 3 is 2.56 bits per heavy atom. The Morgan fingerprint density at radius 2 is 1.81 bits per heavy atom. The molecule has 2 aromatic rings. The molecule has 0 fully saturated rings. The van der Waals surface area contributed by atoms with Gasteiger partial charge in [-0.15, -0.1) is 0 Å². The number of pyridine rings is 2. The maximum Gasteiger partial charge on any atom is 0.232 e. The van der Waals surface area contributed by atoms with Gasteiger partial charge >= 0.3 is 0 Å². The van der Waals surface area contributed by atoms with E-state index in [9.17, 15) is 13.2 Å². The van der Waals surface area contributed by atoms with Crippen molar-refractivity contribution >= 4 is 11.6 Å². The fourth-order valence-electron chi connectivity index (χ4n) is 1.21. The summed E-state index contributed by atoms with van der Waals surface area (Å²) in [5.41, 5.74) is -0.377. The molecule has 0 saturated heterocycles. The van der Waals surface area contributed by atoms with Gasteiger partial charge < -0.3 is 0 Å². The van der Waals surface area contributed by atoms with Crippen LogP contribution in [-0.4, -0.2) is 9.97 Å². The van der Waals surface area contributed by atoms with Crippen molar-refractivity contribution in [3.05, 3.63) is 47.1 Å². The predicted molar refractivity (Wildman–Crippen MR) is 52.4 cm³/mol. The molecule has 0 atom stereocenters. The minimum absolute atomic E-state index is 0.0360. The fraction of sp³-hybridized carbons (Fsp3) is 0. The van der Waals surface area contributed by atoms with Gasteiger partial charge in [-0.2, -0.15) is 8.78 Å². The Hall–Kier alpha value is -1.62. The molecular weight excluding hydrogens is 241 g/mol. The molecule has 82 valence electrons. The van der Waals surface area contributed by atoms with Crippen LogP contribution in [0.25, 0.3) is 11.3 Å². The molecule has 0 aromatic carbocycles. The van der Waals surface area contributed by atoms with E-state index < -0.39 is 17.7 Å². The third kappa shape index (κ3) is 1.86. The highest BCUT2D eigenvalue weighted by Gasteiger charge is 2.14. The number of aromatic nitrogens is 2. The SMILES string of the molecule is Fc1ccc(F)c(-c2ccnc(F)c2Cl)n1. The van der Waals surface area contributed by atoms with Crippen LogP contribution in [0, 0.1) is 17.7 Å².